The number of rotatable bonds is 7. The standard InChI is InChI=1S/C20H21F3N6O2/c1-4-28(14(3)12-31-19-24-10-15(11-25-19)20(21,22)23)18(30)16-6-5-13(2)9-17(16)29-26-7-8-27-29/h5-11,14H,4,12H2,1-3H3. The maximum Gasteiger partial charge on any atom is 0.419 e. The van der Waals surface area contributed by atoms with Crippen molar-refractivity contribution in [2.75, 3.05) is 13.2 Å². The lowest BCUT2D eigenvalue weighted by atomic mass is 10.1. The second-order valence-electron chi connectivity index (χ2n) is 6.84. The molecule has 8 nitrogen and oxygen atoms in total. The fourth-order valence-corrected chi connectivity index (χ4v) is 2.96. The lowest BCUT2D eigenvalue weighted by Gasteiger charge is -2.28. The highest BCUT2D eigenvalue weighted by molar-refractivity contribution is 5.98. The van der Waals surface area contributed by atoms with Crippen molar-refractivity contribution in [2.45, 2.75) is 33.0 Å². The van der Waals surface area contributed by atoms with Crippen molar-refractivity contribution < 1.29 is 22.7 Å². The minimum Gasteiger partial charge on any atom is -0.461 e. The zero-order valence-corrected chi connectivity index (χ0v) is 17.2. The second kappa shape index (κ2) is 9.11. The zero-order chi connectivity index (χ0) is 22.6. The zero-order valence-electron chi connectivity index (χ0n) is 17.2. The normalized spacial score (nSPS) is 12.5. The Morgan fingerprint density at radius 1 is 1.19 bits per heavy atom. The van der Waals surface area contributed by atoms with Crippen LogP contribution in [0.25, 0.3) is 5.69 Å². The third-order valence-electron chi connectivity index (χ3n) is 4.56. The van der Waals surface area contributed by atoms with E-state index in [0.717, 1.165) is 5.56 Å². The molecule has 3 rings (SSSR count). The van der Waals surface area contributed by atoms with E-state index in [4.69, 9.17) is 4.74 Å². The molecular weight excluding hydrogens is 413 g/mol. The van der Waals surface area contributed by atoms with Gasteiger partial charge in [0.05, 0.1) is 35.2 Å². The Balaban J connectivity index is 1.74. The van der Waals surface area contributed by atoms with Gasteiger partial charge in [-0.05, 0) is 38.5 Å². The number of carbonyl (C=O) groups excluding carboxylic acids is 1. The first-order valence-corrected chi connectivity index (χ1v) is 9.51. The van der Waals surface area contributed by atoms with E-state index in [1.165, 1.54) is 17.2 Å². The minimum atomic E-state index is -4.52. The van der Waals surface area contributed by atoms with Gasteiger partial charge in [0.1, 0.15) is 6.61 Å². The lowest BCUT2D eigenvalue weighted by Crippen LogP contribution is -2.42. The van der Waals surface area contributed by atoms with E-state index in [1.54, 1.807) is 17.9 Å². The molecule has 31 heavy (non-hydrogen) atoms. The molecule has 2 aromatic heterocycles. The molecule has 1 unspecified atom stereocenters. The van der Waals surface area contributed by atoms with Crippen LogP contribution in [-0.2, 0) is 6.18 Å². The van der Waals surface area contributed by atoms with Crippen molar-refractivity contribution in [3.8, 4) is 11.7 Å². The maximum absolute atomic E-state index is 13.3. The van der Waals surface area contributed by atoms with Gasteiger partial charge < -0.3 is 9.64 Å². The summed E-state index contributed by atoms with van der Waals surface area (Å²) >= 11 is 0. The number of benzene rings is 1. The topological polar surface area (TPSA) is 86.0 Å². The number of carbonyl (C=O) groups is 1. The Kier molecular flexibility index (Phi) is 6.52. The van der Waals surface area contributed by atoms with Crippen molar-refractivity contribution in [1.29, 1.82) is 0 Å². The van der Waals surface area contributed by atoms with E-state index in [9.17, 15) is 18.0 Å². The number of alkyl halides is 3. The van der Waals surface area contributed by atoms with E-state index >= 15 is 0 Å². The average Bonchev–Trinajstić information content (AvgIpc) is 3.27. The van der Waals surface area contributed by atoms with Crippen LogP contribution in [0.5, 0.6) is 6.01 Å². The van der Waals surface area contributed by atoms with Crippen molar-refractivity contribution in [2.24, 2.45) is 0 Å². The van der Waals surface area contributed by atoms with Gasteiger partial charge in [-0.3, -0.25) is 4.79 Å². The smallest absolute Gasteiger partial charge is 0.419 e. The lowest BCUT2D eigenvalue weighted by molar-refractivity contribution is -0.138. The fraction of sp³-hybridized carbons (Fsp3) is 0.350. The summed E-state index contributed by atoms with van der Waals surface area (Å²) in [5.41, 5.74) is 0.953. The van der Waals surface area contributed by atoms with E-state index in [-0.39, 0.29) is 18.5 Å². The van der Waals surface area contributed by atoms with Crippen LogP contribution in [-0.4, -0.2) is 55.0 Å². The molecule has 0 N–H and O–H groups in total. The highest BCUT2D eigenvalue weighted by Crippen LogP contribution is 2.28. The number of hydrogen-bond donors (Lipinski definition) is 0. The summed E-state index contributed by atoms with van der Waals surface area (Å²) in [6.45, 7) is 5.89. The van der Waals surface area contributed by atoms with Crippen LogP contribution in [0.1, 0.15) is 35.3 Å². The first-order valence-electron chi connectivity index (χ1n) is 9.51. The molecule has 1 amide bonds. The van der Waals surface area contributed by atoms with Crippen molar-refractivity contribution in [1.82, 2.24) is 29.9 Å². The highest BCUT2D eigenvalue weighted by atomic mass is 19.4. The first-order chi connectivity index (χ1) is 14.7. The van der Waals surface area contributed by atoms with Crippen LogP contribution < -0.4 is 4.74 Å². The molecule has 1 aromatic carbocycles. The van der Waals surface area contributed by atoms with E-state index in [2.05, 4.69) is 20.2 Å². The summed E-state index contributed by atoms with van der Waals surface area (Å²) in [5, 5.41) is 8.23. The summed E-state index contributed by atoms with van der Waals surface area (Å²) < 4.78 is 43.3. The van der Waals surface area contributed by atoms with Gasteiger partial charge >= 0.3 is 12.2 Å². The summed E-state index contributed by atoms with van der Waals surface area (Å²) in [5.74, 6) is -0.251. The van der Waals surface area contributed by atoms with E-state index in [1.807, 2.05) is 26.0 Å². The maximum atomic E-state index is 13.3. The number of halogens is 3. The minimum absolute atomic E-state index is 0.00611. The number of hydrogen-bond acceptors (Lipinski definition) is 6. The summed E-state index contributed by atoms with van der Waals surface area (Å²) in [6, 6.07) is 4.76. The molecule has 3 aromatic rings. The Morgan fingerprint density at radius 3 is 2.42 bits per heavy atom. The molecule has 1 atom stereocenters. The molecule has 0 radical (unpaired) electrons. The monoisotopic (exact) mass is 434 g/mol. The van der Waals surface area contributed by atoms with E-state index < -0.39 is 17.8 Å². The van der Waals surface area contributed by atoms with Crippen LogP contribution in [0, 0.1) is 6.92 Å². The van der Waals surface area contributed by atoms with Crippen molar-refractivity contribution in [3.63, 3.8) is 0 Å². The largest absolute Gasteiger partial charge is 0.461 e. The third kappa shape index (κ3) is 5.16. The number of amides is 1. The molecular formula is C20H21F3N6O2. The average molecular weight is 434 g/mol. The van der Waals surface area contributed by atoms with Gasteiger partial charge in [-0.2, -0.15) is 28.2 Å². The predicted molar refractivity (Wildman–Crippen MR) is 105 cm³/mol. The highest BCUT2D eigenvalue weighted by Gasteiger charge is 2.31. The fourth-order valence-electron chi connectivity index (χ4n) is 2.96. The first kappa shape index (κ1) is 22.2. The molecule has 0 saturated carbocycles. The van der Waals surface area contributed by atoms with Crippen LogP contribution in [0.15, 0.2) is 43.0 Å². The SMILES string of the molecule is CCN(C(=O)c1ccc(C)cc1-n1nccn1)C(C)COc1ncc(C(F)(F)F)cn1. The van der Waals surface area contributed by atoms with Crippen LogP contribution >= 0.6 is 0 Å². The molecule has 0 spiro atoms. The number of ether oxygens (including phenoxy) is 1. The van der Waals surface area contributed by atoms with Gasteiger partial charge in [-0.15, -0.1) is 0 Å². The number of aryl methyl sites for hydroxylation is 1. The molecule has 0 saturated heterocycles. The van der Waals surface area contributed by atoms with Gasteiger partial charge in [-0.25, -0.2) is 9.97 Å². The number of nitrogens with zero attached hydrogens (tertiary/aromatic N) is 6. The Bertz CT molecular complexity index is 1020. The molecule has 164 valence electrons. The Hall–Kier alpha value is -3.50. The van der Waals surface area contributed by atoms with E-state index in [0.29, 0.717) is 30.2 Å². The van der Waals surface area contributed by atoms with Crippen molar-refractivity contribution >= 4 is 5.91 Å². The predicted octanol–water partition coefficient (Wildman–Crippen LogP) is 3.31. The van der Waals surface area contributed by atoms with Crippen molar-refractivity contribution in [3.05, 3.63) is 59.7 Å². The third-order valence-corrected chi connectivity index (χ3v) is 4.56. The van der Waals surface area contributed by atoms with Gasteiger partial charge in [0, 0.05) is 18.9 Å². The second-order valence-corrected chi connectivity index (χ2v) is 6.84. The van der Waals surface area contributed by atoms with Gasteiger partial charge in [0.15, 0.2) is 0 Å². The van der Waals surface area contributed by atoms with Gasteiger partial charge in [-0.1, -0.05) is 6.07 Å². The van der Waals surface area contributed by atoms with Crippen LogP contribution in [0.3, 0.4) is 0 Å². The molecule has 0 aliphatic carbocycles. The quantitative estimate of drug-likeness (QED) is 0.567. The van der Waals surface area contributed by atoms with Crippen LogP contribution in [0.2, 0.25) is 0 Å². The Labute approximate surface area is 176 Å². The summed E-state index contributed by atoms with van der Waals surface area (Å²) in [6.07, 6.45) is -0.160. The molecule has 0 fully saturated rings. The van der Waals surface area contributed by atoms with Gasteiger partial charge in [0.2, 0.25) is 0 Å². The number of aromatic nitrogens is 5. The molecule has 0 aliphatic heterocycles. The molecule has 2 heterocycles. The summed E-state index contributed by atoms with van der Waals surface area (Å²) in [4.78, 5) is 23.4. The van der Waals surface area contributed by atoms with Crippen LogP contribution in [0.4, 0.5) is 13.2 Å². The Morgan fingerprint density at radius 2 is 1.84 bits per heavy atom. The summed E-state index contributed by atoms with van der Waals surface area (Å²) in [7, 11) is 0. The number of likely N-dealkylation sites (N-methyl/N-ethyl adjacent to an activating group) is 1. The molecule has 0 bridgehead atoms. The molecule has 0 aliphatic rings. The molecule has 11 heteroatoms. The van der Waals surface area contributed by atoms with Gasteiger partial charge in [0.25, 0.3) is 5.91 Å².